The van der Waals surface area contributed by atoms with Gasteiger partial charge < -0.3 is 9.13 Å². The van der Waals surface area contributed by atoms with E-state index in [0.717, 1.165) is 27.4 Å². The molecule has 4 heterocycles. The number of para-hydroxylation sites is 3. The van der Waals surface area contributed by atoms with Gasteiger partial charge in [0.25, 0.3) is 0 Å². The largest absolute Gasteiger partial charge is 0.309 e. The SMILES string of the molecule is [2H]c1c([2H])c([2H])c(-c2ccc3c(c2)c2cc(-c4c([2H])c([2H])c([2H])c([2H])c4[2H])ccc2n3-c2ccccc2-c2nc(-c3ccccc3-n3c4ccc(-c5c([2H])c([2H])c([2H])c([2H])c5[2H])cc4c4cc(-c5c([2H])c([2H])c([2H])c([2H])c5[2H])ccc43)nc(-n3c4ccccc4c4cc(C(C)(C)C)ccc43)n2)c([2H])c1[2H]. The molecule has 0 fully saturated rings. The van der Waals surface area contributed by atoms with E-state index in [9.17, 15) is 0 Å². The zero-order chi connectivity index (χ0) is 74.2. The maximum Gasteiger partial charge on any atom is 0.238 e. The second kappa shape index (κ2) is 19.9. The average Bonchev–Trinajstić information content (AvgIpc) is 1.59. The van der Waals surface area contributed by atoms with Crippen LogP contribution in [0.4, 0.5) is 0 Å². The molecular formula is C79H56N6. The molecular weight excluding hydrogens is 1030 g/mol. The molecule has 0 amide bonds. The van der Waals surface area contributed by atoms with Crippen LogP contribution in [0.2, 0.25) is 0 Å². The van der Waals surface area contributed by atoms with Crippen molar-refractivity contribution in [1.82, 2.24) is 28.7 Å². The molecule has 0 saturated heterocycles. The topological polar surface area (TPSA) is 53.5 Å². The Bertz CT molecular complexity index is 5860. The van der Waals surface area contributed by atoms with Crippen LogP contribution in [-0.4, -0.2) is 28.7 Å². The fourth-order valence-electron chi connectivity index (χ4n) is 11.8. The van der Waals surface area contributed by atoms with Crippen molar-refractivity contribution in [1.29, 1.82) is 0 Å². The lowest BCUT2D eigenvalue weighted by molar-refractivity contribution is 0.591. The number of nitrogens with zero attached hydrogens (tertiary/aromatic N) is 6. The summed E-state index contributed by atoms with van der Waals surface area (Å²) in [4.78, 5) is 16.5. The Morgan fingerprint density at radius 1 is 0.294 bits per heavy atom. The minimum atomic E-state index is -0.558. The van der Waals surface area contributed by atoms with Crippen LogP contribution in [0.25, 0.3) is 150 Å². The molecule has 16 rings (SSSR count). The predicted molar refractivity (Wildman–Crippen MR) is 354 cm³/mol. The number of hydrogen-bond acceptors (Lipinski definition) is 3. The molecule has 12 aromatic carbocycles. The van der Waals surface area contributed by atoms with Gasteiger partial charge in [-0.15, -0.1) is 0 Å². The summed E-state index contributed by atoms with van der Waals surface area (Å²) in [5, 5.41) is 3.91. The number of aromatic nitrogens is 6. The Balaban J connectivity index is 0.982. The molecule has 16 aromatic rings. The van der Waals surface area contributed by atoms with E-state index in [2.05, 4.69) is 45.0 Å². The summed E-state index contributed by atoms with van der Waals surface area (Å²) < 4.78 is 181. The molecule has 402 valence electrons. The molecule has 0 N–H and O–H groups in total. The van der Waals surface area contributed by atoms with Gasteiger partial charge in [0.1, 0.15) is 0 Å². The van der Waals surface area contributed by atoms with Gasteiger partial charge in [0.05, 0.1) is 71.9 Å². The molecule has 0 radical (unpaired) electrons. The summed E-state index contributed by atoms with van der Waals surface area (Å²) >= 11 is 0. The van der Waals surface area contributed by atoms with Crippen LogP contribution >= 0.6 is 0 Å². The van der Waals surface area contributed by atoms with Crippen molar-refractivity contribution >= 4 is 65.4 Å². The minimum absolute atomic E-state index is 0.0479. The Morgan fingerprint density at radius 2 is 0.624 bits per heavy atom. The highest BCUT2D eigenvalue weighted by atomic mass is 15.2. The fraction of sp³-hybridized carbons (Fsp3) is 0.0506. The fourth-order valence-corrected chi connectivity index (χ4v) is 11.8. The first kappa shape index (κ1) is 33.2. The van der Waals surface area contributed by atoms with Crippen molar-refractivity contribution in [2.75, 3.05) is 0 Å². The summed E-state index contributed by atoms with van der Waals surface area (Å²) in [6.07, 6.45) is 0. The molecule has 6 nitrogen and oxygen atoms in total. The van der Waals surface area contributed by atoms with Gasteiger partial charge in [-0.1, -0.05) is 214 Å². The zero-order valence-electron chi connectivity index (χ0n) is 65.8. The first-order valence-corrected chi connectivity index (χ1v) is 27.5. The zero-order valence-corrected chi connectivity index (χ0v) is 45.8. The molecule has 0 aliphatic carbocycles. The number of benzene rings is 12. The minimum Gasteiger partial charge on any atom is -0.309 e. The van der Waals surface area contributed by atoms with Gasteiger partial charge in [-0.3, -0.25) is 4.57 Å². The number of fused-ring (bicyclic) bond motifs is 9. The van der Waals surface area contributed by atoms with Gasteiger partial charge >= 0.3 is 0 Å². The third-order valence-electron chi connectivity index (χ3n) is 15.8. The van der Waals surface area contributed by atoms with Crippen LogP contribution in [0.3, 0.4) is 0 Å². The molecule has 6 heteroatoms. The van der Waals surface area contributed by atoms with Crippen LogP contribution in [0, 0.1) is 0 Å². The van der Waals surface area contributed by atoms with Crippen molar-refractivity contribution in [3.8, 4) is 84.6 Å². The van der Waals surface area contributed by atoms with Crippen molar-refractivity contribution in [2.24, 2.45) is 0 Å². The van der Waals surface area contributed by atoms with Crippen LogP contribution in [0.1, 0.15) is 53.7 Å². The van der Waals surface area contributed by atoms with E-state index in [1.165, 1.54) is 0 Å². The monoisotopic (exact) mass is 1110 g/mol. The van der Waals surface area contributed by atoms with Gasteiger partial charge in [-0.25, -0.2) is 4.98 Å². The maximum atomic E-state index is 9.04. The highest BCUT2D eigenvalue weighted by molar-refractivity contribution is 6.14. The van der Waals surface area contributed by atoms with Crippen molar-refractivity contribution in [3.63, 3.8) is 0 Å². The third kappa shape index (κ3) is 8.44. The van der Waals surface area contributed by atoms with Gasteiger partial charge in [0.2, 0.25) is 5.95 Å². The molecule has 0 bridgehead atoms. The second-order valence-corrected chi connectivity index (χ2v) is 21.7. The summed E-state index contributed by atoms with van der Waals surface area (Å²) in [6.45, 7) is 6.45. The first-order chi connectivity index (χ1) is 50.1. The molecule has 0 atom stereocenters. The smallest absolute Gasteiger partial charge is 0.238 e. The maximum absolute atomic E-state index is 9.04. The van der Waals surface area contributed by atoms with Gasteiger partial charge in [-0.2, -0.15) is 9.97 Å². The van der Waals surface area contributed by atoms with E-state index in [-0.39, 0.29) is 45.3 Å². The van der Waals surface area contributed by atoms with E-state index < -0.39 is 121 Å². The van der Waals surface area contributed by atoms with Crippen LogP contribution in [0.5, 0.6) is 0 Å². The van der Waals surface area contributed by atoms with Gasteiger partial charge in [-0.05, 0) is 146 Å². The van der Waals surface area contributed by atoms with E-state index in [0.29, 0.717) is 88.4 Å². The predicted octanol–water partition coefficient (Wildman–Crippen LogP) is 20.5. The molecule has 0 aliphatic rings. The molecule has 0 spiro atoms. The molecule has 85 heavy (non-hydrogen) atoms. The van der Waals surface area contributed by atoms with E-state index in [4.69, 9.17) is 42.4 Å². The number of rotatable bonds is 9. The Kier molecular flexibility index (Phi) is 7.78. The Labute approximate surface area is 521 Å². The van der Waals surface area contributed by atoms with Gasteiger partial charge in [0, 0.05) is 43.4 Å². The lowest BCUT2D eigenvalue weighted by atomic mass is 9.86. The van der Waals surface area contributed by atoms with Gasteiger partial charge in [0.15, 0.2) is 11.6 Å². The van der Waals surface area contributed by atoms with E-state index in [1.54, 1.807) is 72.8 Å². The average molecular weight is 1110 g/mol. The lowest BCUT2D eigenvalue weighted by Gasteiger charge is -2.19. The molecule has 0 aliphatic heterocycles. The van der Waals surface area contributed by atoms with Crippen LogP contribution in [0.15, 0.2) is 285 Å². The van der Waals surface area contributed by atoms with Crippen LogP contribution < -0.4 is 0 Å². The van der Waals surface area contributed by atoms with Crippen molar-refractivity contribution in [2.45, 2.75) is 26.2 Å². The molecule has 0 saturated carbocycles. The normalized spacial score (nSPS) is 15.2. The Hall–Kier alpha value is -11.0. The Morgan fingerprint density at radius 3 is 1.02 bits per heavy atom. The second-order valence-electron chi connectivity index (χ2n) is 21.7. The lowest BCUT2D eigenvalue weighted by Crippen LogP contribution is -2.11. The first-order valence-electron chi connectivity index (χ1n) is 37.5. The number of hydrogen-bond donors (Lipinski definition) is 0. The highest BCUT2D eigenvalue weighted by Crippen LogP contribution is 2.43. The molecule has 0 unspecified atom stereocenters. The quantitative estimate of drug-likeness (QED) is 0.145. The highest BCUT2D eigenvalue weighted by Gasteiger charge is 2.26. The van der Waals surface area contributed by atoms with E-state index in [1.807, 2.05) is 80.4 Å². The summed E-state index contributed by atoms with van der Waals surface area (Å²) in [6, 6.07) is 40.2. The van der Waals surface area contributed by atoms with Crippen molar-refractivity contribution in [3.05, 3.63) is 290 Å². The summed E-state index contributed by atoms with van der Waals surface area (Å²) in [7, 11) is 0. The summed E-state index contributed by atoms with van der Waals surface area (Å²) in [5.41, 5.74) is 7.65. The van der Waals surface area contributed by atoms with Crippen LogP contribution in [-0.2, 0) is 5.41 Å². The third-order valence-corrected chi connectivity index (χ3v) is 15.8. The van der Waals surface area contributed by atoms with E-state index >= 15 is 0 Å². The standard InChI is InChI=1S/C79H56N6/c1-79(2,3)59-40-45-75-67(50-59)60-30-16-19-33-68(60)85(75)78-81-76(61-31-17-20-34-69(61)83-71-41-36-55(51-22-8-4-9-23-51)46-63(71)64-47-56(37-42-72(64)83)52-24-10-5-11-25-52)80-77(82-78)62-32-18-21-35-70(62)84-73-43-38-57(53-26-12-6-13-27-53)48-65(73)66-49-58(39-44-74(66)84)54-28-14-7-15-29-54/h4-50H,1-3H3/i4D,5D,6D,7D,8D,9D,10D,11D,12D,13D,14D,15D,22D,23D,24D,25D,26D,27D,28D,29D. The summed E-state index contributed by atoms with van der Waals surface area (Å²) in [5.74, 6) is 0.595. The molecule has 4 aromatic heterocycles. The van der Waals surface area contributed by atoms with Crippen molar-refractivity contribution < 1.29 is 27.4 Å².